The lowest BCUT2D eigenvalue weighted by Gasteiger charge is -2.12. The molecule has 34 heavy (non-hydrogen) atoms. The Hall–Kier alpha value is -3.78. The predicted molar refractivity (Wildman–Crippen MR) is 131 cm³/mol. The van der Waals surface area contributed by atoms with Gasteiger partial charge in [-0.1, -0.05) is 43.2 Å². The smallest absolute Gasteiger partial charge is 0.251 e. The number of hydrogen-bond donors (Lipinski definition) is 3. The maximum absolute atomic E-state index is 12.6. The molecule has 1 saturated carbocycles. The summed E-state index contributed by atoms with van der Waals surface area (Å²) in [6.45, 7) is 2.07. The number of aliphatic hydroxyl groups excluding tert-OH is 1. The number of aromatic nitrogens is 4. The molecule has 174 valence electrons. The summed E-state index contributed by atoms with van der Waals surface area (Å²) in [6.07, 6.45) is 5.98. The molecule has 0 atom stereocenters. The number of carbonyl (C=O) groups excluding carboxylic acids is 1. The summed E-state index contributed by atoms with van der Waals surface area (Å²) in [7, 11) is 0. The minimum absolute atomic E-state index is 0.141. The van der Waals surface area contributed by atoms with Gasteiger partial charge in [0.1, 0.15) is 17.8 Å². The molecule has 2 heterocycles. The first-order valence-electron chi connectivity index (χ1n) is 11.6. The van der Waals surface area contributed by atoms with Crippen LogP contribution in [0, 0.1) is 6.92 Å². The van der Waals surface area contributed by atoms with Crippen LogP contribution in [0.25, 0.3) is 22.3 Å². The number of anilines is 1. The standard InChI is InChI=1S/C26H28N6O2/c1-16-6-2-5-9-21(16)26(34)28-13-18-11-10-17(12-19(18)14-33)23-22-24(27)29-15-30-25(22)32(31-23)20-7-3-4-8-20/h2,5-6,9-12,15,20,33H,3-4,7-8,13-14H2,1H3,(H,28,34)(H2,27,29,30). The monoisotopic (exact) mass is 456 g/mol. The summed E-state index contributed by atoms with van der Waals surface area (Å²) in [6, 6.07) is 13.5. The highest BCUT2D eigenvalue weighted by atomic mass is 16.3. The number of fused-ring (bicyclic) bond motifs is 1. The Bertz CT molecular complexity index is 1360. The molecule has 1 aliphatic carbocycles. The molecule has 0 unspecified atom stereocenters. The first-order valence-corrected chi connectivity index (χ1v) is 11.6. The molecule has 8 nitrogen and oxygen atoms in total. The van der Waals surface area contributed by atoms with E-state index in [1.165, 1.54) is 19.2 Å². The van der Waals surface area contributed by atoms with Crippen molar-refractivity contribution in [3.05, 3.63) is 71.0 Å². The van der Waals surface area contributed by atoms with E-state index in [0.29, 0.717) is 29.7 Å². The lowest BCUT2D eigenvalue weighted by molar-refractivity contribution is 0.0950. The minimum atomic E-state index is -0.156. The molecular formula is C26H28N6O2. The maximum Gasteiger partial charge on any atom is 0.251 e. The molecule has 0 saturated heterocycles. The third-order valence-corrected chi connectivity index (χ3v) is 6.67. The van der Waals surface area contributed by atoms with Gasteiger partial charge in [-0.15, -0.1) is 0 Å². The van der Waals surface area contributed by atoms with Crippen molar-refractivity contribution in [2.24, 2.45) is 0 Å². The number of nitrogens with two attached hydrogens (primary N) is 1. The first-order chi connectivity index (χ1) is 16.6. The molecule has 2 aromatic carbocycles. The summed E-state index contributed by atoms with van der Waals surface area (Å²) < 4.78 is 1.99. The molecule has 1 aliphatic rings. The fraction of sp³-hybridized carbons (Fsp3) is 0.308. The molecule has 4 aromatic rings. The largest absolute Gasteiger partial charge is 0.392 e. The summed E-state index contributed by atoms with van der Waals surface area (Å²) in [5, 5.41) is 18.7. The number of aryl methyl sites for hydroxylation is 1. The lowest BCUT2D eigenvalue weighted by atomic mass is 10.0. The first kappa shape index (κ1) is 22.0. The molecule has 2 aromatic heterocycles. The maximum atomic E-state index is 12.6. The van der Waals surface area contributed by atoms with Crippen LogP contribution in [0.2, 0.25) is 0 Å². The zero-order valence-electron chi connectivity index (χ0n) is 19.2. The number of rotatable bonds is 6. The van der Waals surface area contributed by atoms with E-state index in [1.807, 2.05) is 48.0 Å². The van der Waals surface area contributed by atoms with Crippen LogP contribution in [0.15, 0.2) is 48.8 Å². The van der Waals surface area contributed by atoms with Crippen molar-refractivity contribution in [3.8, 4) is 11.3 Å². The Morgan fingerprint density at radius 2 is 1.94 bits per heavy atom. The molecule has 0 bridgehead atoms. The van der Waals surface area contributed by atoms with E-state index in [-0.39, 0.29) is 12.5 Å². The van der Waals surface area contributed by atoms with Crippen LogP contribution >= 0.6 is 0 Å². The number of aliphatic hydroxyl groups is 1. The van der Waals surface area contributed by atoms with Crippen molar-refractivity contribution < 1.29 is 9.90 Å². The van der Waals surface area contributed by atoms with Gasteiger partial charge >= 0.3 is 0 Å². The van der Waals surface area contributed by atoms with Gasteiger partial charge < -0.3 is 16.2 Å². The van der Waals surface area contributed by atoms with Crippen molar-refractivity contribution in [2.45, 2.75) is 51.8 Å². The average Bonchev–Trinajstić information content (AvgIpc) is 3.51. The van der Waals surface area contributed by atoms with Crippen LogP contribution in [0.5, 0.6) is 0 Å². The summed E-state index contributed by atoms with van der Waals surface area (Å²) in [5.41, 5.74) is 11.7. The summed E-state index contributed by atoms with van der Waals surface area (Å²) >= 11 is 0. The molecule has 0 spiro atoms. The number of nitrogens with zero attached hydrogens (tertiary/aromatic N) is 4. The highest BCUT2D eigenvalue weighted by Gasteiger charge is 2.24. The van der Waals surface area contributed by atoms with E-state index < -0.39 is 0 Å². The molecule has 1 fully saturated rings. The van der Waals surface area contributed by atoms with Gasteiger partial charge in [-0.2, -0.15) is 5.10 Å². The van der Waals surface area contributed by atoms with Crippen molar-refractivity contribution in [1.82, 2.24) is 25.1 Å². The Labute approximate surface area is 197 Å². The number of benzene rings is 2. The van der Waals surface area contributed by atoms with Gasteiger partial charge in [-0.25, -0.2) is 14.6 Å². The van der Waals surface area contributed by atoms with Crippen molar-refractivity contribution in [1.29, 1.82) is 0 Å². The van der Waals surface area contributed by atoms with Crippen LogP contribution in [0.3, 0.4) is 0 Å². The second kappa shape index (κ2) is 9.23. The highest BCUT2D eigenvalue weighted by molar-refractivity contribution is 5.98. The second-order valence-corrected chi connectivity index (χ2v) is 8.83. The third kappa shape index (κ3) is 4.01. The van der Waals surface area contributed by atoms with Crippen molar-refractivity contribution >= 4 is 22.8 Å². The van der Waals surface area contributed by atoms with Gasteiger partial charge in [0.15, 0.2) is 5.65 Å². The van der Waals surface area contributed by atoms with Gasteiger partial charge in [-0.05, 0) is 48.6 Å². The van der Waals surface area contributed by atoms with Crippen LogP contribution in [-0.2, 0) is 13.2 Å². The number of nitrogens with one attached hydrogen (secondary N) is 1. The van der Waals surface area contributed by atoms with Crippen molar-refractivity contribution in [3.63, 3.8) is 0 Å². The molecular weight excluding hydrogens is 428 g/mol. The Morgan fingerprint density at radius 3 is 2.71 bits per heavy atom. The predicted octanol–water partition coefficient (Wildman–Crippen LogP) is 3.92. The zero-order chi connectivity index (χ0) is 23.7. The van der Waals surface area contributed by atoms with E-state index >= 15 is 0 Å². The normalized spacial score (nSPS) is 14.1. The molecule has 4 N–H and O–H groups in total. The number of nitrogen functional groups attached to an aromatic ring is 1. The number of amides is 1. The van der Waals surface area contributed by atoms with Crippen LogP contribution in [-0.4, -0.2) is 30.8 Å². The minimum Gasteiger partial charge on any atom is -0.392 e. The van der Waals surface area contributed by atoms with Crippen LogP contribution < -0.4 is 11.1 Å². The fourth-order valence-corrected chi connectivity index (χ4v) is 4.79. The molecule has 0 aliphatic heterocycles. The Morgan fingerprint density at radius 1 is 1.15 bits per heavy atom. The summed E-state index contributed by atoms with van der Waals surface area (Å²) in [4.78, 5) is 21.3. The van der Waals surface area contributed by atoms with E-state index in [9.17, 15) is 9.90 Å². The zero-order valence-corrected chi connectivity index (χ0v) is 19.2. The van der Waals surface area contributed by atoms with E-state index in [1.54, 1.807) is 6.07 Å². The van der Waals surface area contributed by atoms with Gasteiger partial charge in [0.2, 0.25) is 0 Å². The quantitative estimate of drug-likeness (QED) is 0.405. The number of hydrogen-bond acceptors (Lipinski definition) is 6. The highest BCUT2D eigenvalue weighted by Crippen LogP contribution is 2.36. The molecule has 0 radical (unpaired) electrons. The lowest BCUT2D eigenvalue weighted by Crippen LogP contribution is -2.24. The van der Waals surface area contributed by atoms with E-state index in [0.717, 1.165) is 46.1 Å². The Kier molecular flexibility index (Phi) is 5.98. The van der Waals surface area contributed by atoms with Gasteiger partial charge in [0.05, 0.1) is 18.0 Å². The van der Waals surface area contributed by atoms with E-state index in [4.69, 9.17) is 10.8 Å². The summed E-state index contributed by atoms with van der Waals surface area (Å²) in [5.74, 6) is 0.252. The number of carbonyl (C=O) groups is 1. The van der Waals surface area contributed by atoms with Gasteiger partial charge in [-0.3, -0.25) is 4.79 Å². The SMILES string of the molecule is Cc1ccccc1C(=O)NCc1ccc(-c2nn(C3CCCC3)c3ncnc(N)c23)cc1CO. The molecule has 8 heteroatoms. The topological polar surface area (TPSA) is 119 Å². The second-order valence-electron chi connectivity index (χ2n) is 8.83. The third-order valence-electron chi connectivity index (χ3n) is 6.67. The van der Waals surface area contributed by atoms with Gasteiger partial charge in [0, 0.05) is 17.7 Å². The van der Waals surface area contributed by atoms with Crippen LogP contribution in [0.1, 0.15) is 58.8 Å². The van der Waals surface area contributed by atoms with Crippen LogP contribution in [0.4, 0.5) is 5.82 Å². The molecule has 5 rings (SSSR count). The molecule has 1 amide bonds. The fourth-order valence-electron chi connectivity index (χ4n) is 4.79. The van der Waals surface area contributed by atoms with Crippen molar-refractivity contribution in [2.75, 3.05) is 5.73 Å². The Balaban J connectivity index is 1.47. The average molecular weight is 457 g/mol. The van der Waals surface area contributed by atoms with E-state index in [2.05, 4.69) is 15.3 Å². The van der Waals surface area contributed by atoms with Gasteiger partial charge in [0.25, 0.3) is 5.91 Å².